The van der Waals surface area contributed by atoms with E-state index in [0.29, 0.717) is 17.5 Å². The van der Waals surface area contributed by atoms with Crippen molar-refractivity contribution in [1.82, 2.24) is 15.5 Å². The average Bonchev–Trinajstić information content (AvgIpc) is 2.92. The zero-order chi connectivity index (χ0) is 32.3. The van der Waals surface area contributed by atoms with Gasteiger partial charge in [0.2, 0.25) is 11.8 Å². The molecule has 0 radical (unpaired) electrons. The van der Waals surface area contributed by atoms with Gasteiger partial charge in [-0.25, -0.2) is 4.79 Å². The molecule has 11 heteroatoms. The van der Waals surface area contributed by atoms with Crippen LogP contribution in [-0.2, 0) is 30.3 Å². The molecule has 0 saturated heterocycles. The SMILES string of the molecule is CCOC(=O)CCNC(=O)C(c1cccc(C)c1O)N(C(=O)C(Cc1ccc(O)cc1)NC(=O)OC(C)(C)C)C(C)CC. The van der Waals surface area contributed by atoms with Gasteiger partial charge in [-0.1, -0.05) is 37.3 Å². The summed E-state index contributed by atoms with van der Waals surface area (Å²) in [5.74, 6) is -1.78. The maximum absolute atomic E-state index is 14.5. The van der Waals surface area contributed by atoms with Gasteiger partial charge in [0.25, 0.3) is 0 Å². The number of hydrogen-bond donors (Lipinski definition) is 4. The van der Waals surface area contributed by atoms with Crippen molar-refractivity contribution < 1.29 is 38.9 Å². The number of esters is 1. The second-order valence-corrected chi connectivity index (χ2v) is 11.3. The average molecular weight is 600 g/mol. The normalized spacial score (nSPS) is 13.3. The highest BCUT2D eigenvalue weighted by atomic mass is 16.6. The second-order valence-electron chi connectivity index (χ2n) is 11.3. The molecule has 2 aromatic carbocycles. The first kappa shape index (κ1) is 34.9. The van der Waals surface area contributed by atoms with Gasteiger partial charge in [0.1, 0.15) is 29.2 Å². The summed E-state index contributed by atoms with van der Waals surface area (Å²) in [5, 5.41) is 26.2. The predicted molar refractivity (Wildman–Crippen MR) is 161 cm³/mol. The number of phenols is 2. The van der Waals surface area contributed by atoms with Crippen molar-refractivity contribution in [3.8, 4) is 11.5 Å². The predicted octanol–water partition coefficient (Wildman–Crippen LogP) is 4.28. The van der Waals surface area contributed by atoms with Crippen LogP contribution in [0.3, 0.4) is 0 Å². The highest BCUT2D eigenvalue weighted by Gasteiger charge is 2.39. The van der Waals surface area contributed by atoms with Crippen LogP contribution in [0.15, 0.2) is 42.5 Å². The van der Waals surface area contributed by atoms with Crippen molar-refractivity contribution in [2.45, 2.75) is 91.5 Å². The van der Waals surface area contributed by atoms with E-state index in [2.05, 4.69) is 10.6 Å². The highest BCUT2D eigenvalue weighted by Crippen LogP contribution is 2.34. The molecule has 0 aromatic heterocycles. The third-order valence-corrected chi connectivity index (χ3v) is 6.71. The summed E-state index contributed by atoms with van der Waals surface area (Å²) in [7, 11) is 0. The molecule has 0 saturated carbocycles. The number of aromatic hydroxyl groups is 2. The molecule has 236 valence electrons. The summed E-state index contributed by atoms with van der Waals surface area (Å²) in [4.78, 5) is 54.5. The molecule has 0 aliphatic carbocycles. The zero-order valence-electron chi connectivity index (χ0n) is 26.1. The fourth-order valence-corrected chi connectivity index (χ4v) is 4.43. The first-order valence-electron chi connectivity index (χ1n) is 14.5. The molecule has 11 nitrogen and oxygen atoms in total. The number of alkyl carbamates (subject to hydrolysis) is 1. The maximum atomic E-state index is 14.5. The first-order chi connectivity index (χ1) is 20.2. The van der Waals surface area contributed by atoms with Crippen LogP contribution in [0.5, 0.6) is 11.5 Å². The molecule has 2 rings (SSSR count). The Balaban J connectivity index is 2.59. The molecular weight excluding hydrogens is 554 g/mol. The van der Waals surface area contributed by atoms with E-state index in [-0.39, 0.29) is 43.1 Å². The minimum absolute atomic E-state index is 0.0300. The fraction of sp³-hybridized carbons (Fsp3) is 0.500. The molecule has 4 N–H and O–H groups in total. The second kappa shape index (κ2) is 15.8. The number of amides is 3. The third kappa shape index (κ3) is 10.5. The molecule has 0 bridgehead atoms. The van der Waals surface area contributed by atoms with Gasteiger partial charge in [0.15, 0.2) is 0 Å². The van der Waals surface area contributed by atoms with Crippen molar-refractivity contribution in [2.75, 3.05) is 13.2 Å². The molecule has 43 heavy (non-hydrogen) atoms. The first-order valence-corrected chi connectivity index (χ1v) is 14.5. The number of phenolic OH excluding ortho intramolecular Hbond substituents is 2. The lowest BCUT2D eigenvalue weighted by Crippen LogP contribution is -2.56. The van der Waals surface area contributed by atoms with Gasteiger partial charge in [-0.3, -0.25) is 14.4 Å². The Hall–Kier alpha value is -4.28. The lowest BCUT2D eigenvalue weighted by molar-refractivity contribution is -0.146. The Morgan fingerprint density at radius 1 is 1.00 bits per heavy atom. The van der Waals surface area contributed by atoms with Gasteiger partial charge in [0.05, 0.1) is 13.0 Å². The molecule has 0 aliphatic rings. The molecule has 0 heterocycles. The molecule has 0 fully saturated rings. The summed E-state index contributed by atoms with van der Waals surface area (Å²) < 4.78 is 10.4. The summed E-state index contributed by atoms with van der Waals surface area (Å²) in [6, 6.07) is 8.15. The quantitative estimate of drug-likeness (QED) is 0.249. The number of benzene rings is 2. The van der Waals surface area contributed by atoms with Crippen LogP contribution >= 0.6 is 0 Å². The van der Waals surface area contributed by atoms with E-state index in [1.807, 2.05) is 6.92 Å². The Morgan fingerprint density at radius 3 is 2.23 bits per heavy atom. The Bertz CT molecular complexity index is 1260. The summed E-state index contributed by atoms with van der Waals surface area (Å²) in [5.41, 5.74) is 0.514. The van der Waals surface area contributed by atoms with Gasteiger partial charge < -0.3 is 35.2 Å². The van der Waals surface area contributed by atoms with E-state index < -0.39 is 47.6 Å². The van der Waals surface area contributed by atoms with Gasteiger partial charge in [-0.15, -0.1) is 0 Å². The zero-order valence-corrected chi connectivity index (χ0v) is 26.1. The number of nitrogens with zero attached hydrogens (tertiary/aromatic N) is 1. The highest BCUT2D eigenvalue weighted by molar-refractivity contribution is 5.93. The number of carbonyl (C=O) groups is 4. The standard InChI is InChI=1S/C32H45N3O8/c1-8-21(4)35(27(24-12-10-11-20(3)28(24)38)29(39)33-18-17-26(37)42-9-2)30(40)25(34-31(41)43-32(5,6)7)19-22-13-15-23(36)16-14-22/h10-16,21,25,27,36,38H,8-9,17-19H2,1-7H3,(H,33,39)(H,34,41). The number of hydrogen-bond acceptors (Lipinski definition) is 8. The number of para-hydroxylation sites is 1. The summed E-state index contributed by atoms with van der Waals surface area (Å²) in [6.07, 6.45) is -0.416. The van der Waals surface area contributed by atoms with E-state index in [1.54, 1.807) is 71.9 Å². The van der Waals surface area contributed by atoms with Crippen LogP contribution in [0.2, 0.25) is 0 Å². The number of aryl methyl sites for hydroxylation is 1. The van der Waals surface area contributed by atoms with Crippen molar-refractivity contribution in [3.63, 3.8) is 0 Å². The number of rotatable bonds is 13. The fourth-order valence-electron chi connectivity index (χ4n) is 4.43. The van der Waals surface area contributed by atoms with Crippen molar-refractivity contribution >= 4 is 23.9 Å². The Labute approximate surface area is 253 Å². The van der Waals surface area contributed by atoms with Gasteiger partial charge in [0, 0.05) is 24.6 Å². The Morgan fingerprint density at radius 2 is 1.65 bits per heavy atom. The van der Waals surface area contributed by atoms with Crippen LogP contribution in [0, 0.1) is 6.92 Å². The molecule has 0 aliphatic heterocycles. The van der Waals surface area contributed by atoms with Crippen LogP contribution in [0.1, 0.15) is 77.1 Å². The van der Waals surface area contributed by atoms with Crippen LogP contribution in [0.25, 0.3) is 0 Å². The number of ether oxygens (including phenoxy) is 2. The van der Waals surface area contributed by atoms with E-state index in [9.17, 15) is 29.4 Å². The van der Waals surface area contributed by atoms with Crippen LogP contribution in [0.4, 0.5) is 4.79 Å². The van der Waals surface area contributed by atoms with E-state index in [1.165, 1.54) is 17.0 Å². The van der Waals surface area contributed by atoms with Crippen molar-refractivity contribution in [1.29, 1.82) is 0 Å². The lowest BCUT2D eigenvalue weighted by Gasteiger charge is -2.38. The monoisotopic (exact) mass is 599 g/mol. The molecule has 3 unspecified atom stereocenters. The molecular formula is C32H45N3O8. The number of carbonyl (C=O) groups excluding carboxylic acids is 4. The van der Waals surface area contributed by atoms with E-state index in [0.717, 1.165) is 0 Å². The van der Waals surface area contributed by atoms with Gasteiger partial charge >= 0.3 is 12.1 Å². The van der Waals surface area contributed by atoms with Gasteiger partial charge in [-0.05, 0) is 71.2 Å². The molecule has 2 aromatic rings. The largest absolute Gasteiger partial charge is 0.508 e. The molecule has 0 spiro atoms. The van der Waals surface area contributed by atoms with Crippen molar-refractivity contribution in [2.24, 2.45) is 0 Å². The van der Waals surface area contributed by atoms with Crippen LogP contribution in [-0.4, -0.2) is 69.8 Å². The minimum atomic E-state index is -1.30. The molecule has 3 amide bonds. The smallest absolute Gasteiger partial charge is 0.408 e. The maximum Gasteiger partial charge on any atom is 0.408 e. The Kier molecular flexibility index (Phi) is 12.8. The number of nitrogens with one attached hydrogen (secondary N) is 2. The van der Waals surface area contributed by atoms with Crippen LogP contribution < -0.4 is 10.6 Å². The van der Waals surface area contributed by atoms with E-state index in [4.69, 9.17) is 9.47 Å². The van der Waals surface area contributed by atoms with Gasteiger partial charge in [-0.2, -0.15) is 0 Å². The summed E-state index contributed by atoms with van der Waals surface area (Å²) in [6.45, 7) is 12.3. The topological polar surface area (TPSA) is 154 Å². The van der Waals surface area contributed by atoms with Crippen molar-refractivity contribution in [3.05, 3.63) is 59.2 Å². The lowest BCUT2D eigenvalue weighted by atomic mass is 9.96. The third-order valence-electron chi connectivity index (χ3n) is 6.71. The minimum Gasteiger partial charge on any atom is -0.508 e. The summed E-state index contributed by atoms with van der Waals surface area (Å²) >= 11 is 0. The van der Waals surface area contributed by atoms with E-state index >= 15 is 0 Å². The molecule has 3 atom stereocenters.